The molecule has 2 amide bonds. The van der Waals surface area contributed by atoms with Gasteiger partial charge in [0.1, 0.15) is 16.9 Å². The molecule has 0 saturated carbocycles. The number of hydrogen-bond donors (Lipinski definition) is 2. The summed E-state index contributed by atoms with van der Waals surface area (Å²) in [7, 11) is 0. The van der Waals surface area contributed by atoms with E-state index in [0.29, 0.717) is 116 Å². The largest absolute Gasteiger partial charge is 0.386 e. The van der Waals surface area contributed by atoms with Crippen molar-refractivity contribution in [1.29, 1.82) is 0 Å². The molecule has 19 heteroatoms. The maximum Gasteiger partial charge on any atom is 0.260 e. The molecule has 314 valence electrons. The third kappa shape index (κ3) is 15.8. The summed E-state index contributed by atoms with van der Waals surface area (Å²) >= 11 is 7.88. The number of aryl methyl sites for hydroxylation is 2. The van der Waals surface area contributed by atoms with Crippen molar-refractivity contribution in [1.82, 2.24) is 25.4 Å². The Morgan fingerprint density at radius 2 is 1.25 bits per heavy atom. The summed E-state index contributed by atoms with van der Waals surface area (Å²) in [4.78, 5) is 35.3. The average molecular weight is 836 g/mol. The molecule has 0 saturated heterocycles. The molecule has 1 aromatic carbocycles. The zero-order valence-electron chi connectivity index (χ0n) is 32.9. The first-order valence-electron chi connectivity index (χ1n) is 18.8. The summed E-state index contributed by atoms with van der Waals surface area (Å²) in [6.07, 6.45) is 0.108. The van der Waals surface area contributed by atoms with Crippen molar-refractivity contribution >= 4 is 47.2 Å². The van der Waals surface area contributed by atoms with Gasteiger partial charge in [0.2, 0.25) is 5.91 Å². The molecule has 0 fully saturated rings. The van der Waals surface area contributed by atoms with E-state index in [1.165, 1.54) is 4.88 Å². The van der Waals surface area contributed by atoms with Crippen molar-refractivity contribution in [2.45, 2.75) is 33.2 Å². The lowest BCUT2D eigenvalue weighted by Crippen LogP contribution is -2.30. The number of oxime groups is 1. The van der Waals surface area contributed by atoms with Crippen LogP contribution in [0.3, 0.4) is 0 Å². The van der Waals surface area contributed by atoms with Crippen molar-refractivity contribution in [3.63, 3.8) is 0 Å². The van der Waals surface area contributed by atoms with Crippen LogP contribution in [-0.2, 0) is 47.6 Å². The van der Waals surface area contributed by atoms with Gasteiger partial charge < -0.3 is 48.6 Å². The highest BCUT2D eigenvalue weighted by Gasteiger charge is 2.32. The number of aliphatic imine (C=N–C) groups is 1. The van der Waals surface area contributed by atoms with E-state index in [1.807, 2.05) is 35.8 Å². The lowest BCUT2D eigenvalue weighted by atomic mass is 9.99. The average Bonchev–Trinajstić information content (AvgIpc) is 3.68. The first kappa shape index (κ1) is 45.8. The molecule has 2 N–H and O–H groups in total. The molecule has 0 spiro atoms. The topological polar surface area (TPSA) is 187 Å². The molecule has 17 nitrogen and oxygen atoms in total. The number of nitrogens with zero attached hydrogens (tertiary/aromatic N) is 5. The molecular weight excluding hydrogens is 782 g/mol. The maximum atomic E-state index is 13.1. The zero-order chi connectivity index (χ0) is 40.7. The molecular formula is C38H54ClN7O10S. The summed E-state index contributed by atoms with van der Waals surface area (Å²) < 4.78 is 40.5. The number of aromatic nitrogens is 3. The highest BCUT2D eigenvalue weighted by molar-refractivity contribution is 7.15. The highest BCUT2D eigenvalue weighted by Crippen LogP contribution is 2.39. The van der Waals surface area contributed by atoms with E-state index in [4.69, 9.17) is 49.8 Å². The molecule has 3 heterocycles. The predicted octanol–water partition coefficient (Wildman–Crippen LogP) is 3.17. The van der Waals surface area contributed by atoms with Gasteiger partial charge >= 0.3 is 0 Å². The van der Waals surface area contributed by atoms with E-state index in [-0.39, 0.29) is 24.8 Å². The van der Waals surface area contributed by atoms with Crippen LogP contribution in [0.2, 0.25) is 5.02 Å². The van der Waals surface area contributed by atoms with Crippen LogP contribution < -0.4 is 10.6 Å². The molecule has 1 atom stereocenters. The van der Waals surface area contributed by atoms with E-state index in [1.54, 1.807) is 11.3 Å². The molecule has 57 heavy (non-hydrogen) atoms. The fourth-order valence-electron chi connectivity index (χ4n) is 5.48. The first-order valence-corrected chi connectivity index (χ1v) is 20.0. The minimum Gasteiger partial charge on any atom is -0.386 e. The van der Waals surface area contributed by atoms with Gasteiger partial charge in [-0.2, -0.15) is 0 Å². The summed E-state index contributed by atoms with van der Waals surface area (Å²) in [5.74, 6) is 0.933. The molecule has 3 aromatic rings. The highest BCUT2D eigenvalue weighted by atomic mass is 35.5. The van der Waals surface area contributed by atoms with Crippen LogP contribution in [0.1, 0.15) is 45.7 Å². The van der Waals surface area contributed by atoms with Crippen molar-refractivity contribution in [2.75, 3.05) is 112 Å². The van der Waals surface area contributed by atoms with Gasteiger partial charge in [-0.25, -0.2) is 0 Å². The number of benzene rings is 1. The lowest BCUT2D eigenvalue weighted by molar-refractivity contribution is -0.126. The number of fused-ring (bicyclic) bond motifs is 3. The number of rotatable bonds is 30. The summed E-state index contributed by atoms with van der Waals surface area (Å²) in [6.45, 7) is 15.8. The number of nitrogens with one attached hydrogen (secondary N) is 2. The number of carbonyl (C=O) groups excluding carboxylic acids is 2. The van der Waals surface area contributed by atoms with Crippen LogP contribution >= 0.6 is 22.9 Å². The van der Waals surface area contributed by atoms with Crippen LogP contribution in [-0.4, -0.2) is 151 Å². The summed E-state index contributed by atoms with van der Waals surface area (Å²) in [5.41, 5.74) is 3.88. The number of hydrogen-bond acceptors (Lipinski definition) is 15. The number of carbonyl (C=O) groups is 2. The molecule has 0 bridgehead atoms. The lowest BCUT2D eigenvalue weighted by Gasteiger charge is -2.13. The van der Waals surface area contributed by atoms with E-state index < -0.39 is 6.04 Å². The van der Waals surface area contributed by atoms with Gasteiger partial charge in [-0.05, 0) is 38.5 Å². The molecule has 0 aliphatic carbocycles. The molecule has 1 aliphatic heterocycles. The van der Waals surface area contributed by atoms with Gasteiger partial charge in [-0.3, -0.25) is 19.1 Å². The van der Waals surface area contributed by atoms with E-state index in [9.17, 15) is 9.59 Å². The Kier molecular flexibility index (Phi) is 21.1. The second-order valence-electron chi connectivity index (χ2n) is 12.5. The third-order valence-electron chi connectivity index (χ3n) is 8.39. The number of thiophene rings is 1. The zero-order valence-corrected chi connectivity index (χ0v) is 34.5. The van der Waals surface area contributed by atoms with Crippen molar-refractivity contribution in [3.05, 3.63) is 62.5 Å². The normalized spacial score (nSPS) is 13.4. The quantitative estimate of drug-likeness (QED) is 0.0569. The second kappa shape index (κ2) is 26.2. The summed E-state index contributed by atoms with van der Waals surface area (Å²) in [6, 6.07) is 7.07. The Balaban J connectivity index is 0.976. The Bertz CT molecular complexity index is 1710. The Morgan fingerprint density at radius 3 is 1.75 bits per heavy atom. The Morgan fingerprint density at radius 1 is 0.754 bits per heavy atom. The van der Waals surface area contributed by atoms with Crippen molar-refractivity contribution in [3.8, 4) is 5.00 Å². The third-order valence-corrected chi connectivity index (χ3v) is 9.84. The molecule has 0 radical (unpaired) electrons. The van der Waals surface area contributed by atoms with Gasteiger partial charge in [-0.15, -0.1) is 26.7 Å². The number of halogens is 1. The van der Waals surface area contributed by atoms with Crippen molar-refractivity contribution < 1.29 is 47.6 Å². The SMILES string of the molecule is C=NOCC(=O)NCCOCCOCCOCCOCCOCCOCCOCCNC(=O)C[C@@H]1N=C(c2ccc(Cl)cc2)c2c(sc(C)c2C)-n2c(C)nnc21. The molecule has 4 rings (SSSR count). The van der Waals surface area contributed by atoms with E-state index in [2.05, 4.69) is 51.4 Å². The predicted molar refractivity (Wildman–Crippen MR) is 215 cm³/mol. The van der Waals surface area contributed by atoms with Crippen LogP contribution in [0.4, 0.5) is 0 Å². The minimum absolute atomic E-state index is 0.108. The Labute approximate surface area is 342 Å². The molecule has 2 aromatic heterocycles. The van der Waals surface area contributed by atoms with Gasteiger partial charge in [-0.1, -0.05) is 23.7 Å². The van der Waals surface area contributed by atoms with E-state index in [0.717, 1.165) is 33.2 Å². The molecule has 0 unspecified atom stereocenters. The smallest absolute Gasteiger partial charge is 0.260 e. The number of amides is 2. The van der Waals surface area contributed by atoms with Gasteiger partial charge in [0.25, 0.3) is 5.91 Å². The van der Waals surface area contributed by atoms with E-state index >= 15 is 0 Å². The second-order valence-corrected chi connectivity index (χ2v) is 14.1. The van der Waals surface area contributed by atoms with Gasteiger partial charge in [0.15, 0.2) is 12.4 Å². The van der Waals surface area contributed by atoms with Crippen LogP contribution in [0.25, 0.3) is 5.00 Å². The summed E-state index contributed by atoms with van der Waals surface area (Å²) in [5, 5.41) is 19.2. The minimum atomic E-state index is -0.536. The monoisotopic (exact) mass is 835 g/mol. The van der Waals surface area contributed by atoms with Crippen LogP contribution in [0.5, 0.6) is 0 Å². The number of ether oxygens (including phenoxy) is 7. The fraction of sp³-hybridized carbons (Fsp3) is 0.579. The van der Waals surface area contributed by atoms with Gasteiger partial charge in [0.05, 0.1) is 105 Å². The van der Waals surface area contributed by atoms with Crippen LogP contribution in [0, 0.1) is 20.8 Å². The van der Waals surface area contributed by atoms with Crippen molar-refractivity contribution in [2.24, 2.45) is 10.1 Å². The van der Waals surface area contributed by atoms with Gasteiger partial charge in [0, 0.05) is 40.8 Å². The van der Waals surface area contributed by atoms with Crippen LogP contribution in [0.15, 0.2) is 34.4 Å². The first-order chi connectivity index (χ1) is 27.8. The molecule has 1 aliphatic rings. The maximum absolute atomic E-state index is 13.1. The Hall–Kier alpha value is -3.85. The fourth-order valence-corrected chi connectivity index (χ4v) is 6.82. The standard InChI is InChI=1S/C38H54ClN7O10S/c1-27-28(2)57-38-35(27)36(30-5-7-31(39)8-6-30)43-32(37-45-44-29(3)46(37)38)25-33(47)41-9-11-49-13-15-51-17-19-53-21-23-55-24-22-54-20-18-52-16-14-50-12-10-42-34(48)26-56-40-4/h5-8,32H,4,9-26H2,1-3H3,(H,41,47)(H,42,48)/t32-/m0/s1.